The van der Waals surface area contributed by atoms with Crippen molar-refractivity contribution in [3.63, 3.8) is 0 Å². The standard InChI is InChI=1S/C28H28N2O3S/c1-4-33-24-16-10-20(18-25(24)32-3)11-17-26(31)29-23-14-12-21(13-15-23)27-19(2)34-28(30-27)22-8-6-5-7-9-22/h5-10,12-16,18H,4,11,17H2,1-3H3,(H,29,31). The predicted molar refractivity (Wildman–Crippen MR) is 139 cm³/mol. The van der Waals surface area contributed by atoms with E-state index in [1.54, 1.807) is 18.4 Å². The first-order valence-corrected chi connectivity index (χ1v) is 12.1. The quantitative estimate of drug-likeness (QED) is 0.292. The lowest BCUT2D eigenvalue weighted by Gasteiger charge is -2.11. The van der Waals surface area contributed by atoms with Crippen LogP contribution < -0.4 is 14.8 Å². The number of ether oxygens (including phenoxy) is 2. The topological polar surface area (TPSA) is 60.5 Å². The molecule has 4 aromatic rings. The Bertz CT molecular complexity index is 1250. The van der Waals surface area contributed by atoms with Crippen molar-refractivity contribution in [3.8, 4) is 33.3 Å². The van der Waals surface area contributed by atoms with Crippen LogP contribution in [0, 0.1) is 6.92 Å². The van der Waals surface area contributed by atoms with Crippen molar-refractivity contribution in [1.82, 2.24) is 4.98 Å². The van der Waals surface area contributed by atoms with E-state index in [0.717, 1.165) is 33.1 Å². The van der Waals surface area contributed by atoms with E-state index < -0.39 is 0 Å². The number of amides is 1. The minimum atomic E-state index is -0.0307. The summed E-state index contributed by atoms with van der Waals surface area (Å²) < 4.78 is 10.9. The molecule has 4 rings (SSSR count). The molecule has 0 fully saturated rings. The molecular formula is C28H28N2O3S. The molecule has 0 saturated carbocycles. The highest BCUT2D eigenvalue weighted by molar-refractivity contribution is 7.15. The number of rotatable bonds is 9. The van der Waals surface area contributed by atoms with Gasteiger partial charge in [-0.15, -0.1) is 11.3 Å². The summed E-state index contributed by atoms with van der Waals surface area (Å²) in [5.74, 6) is 1.37. The molecule has 174 valence electrons. The number of benzene rings is 3. The third-order valence-electron chi connectivity index (χ3n) is 5.43. The molecule has 0 radical (unpaired) electrons. The molecule has 1 amide bonds. The van der Waals surface area contributed by atoms with Crippen LogP contribution in [0.15, 0.2) is 72.8 Å². The summed E-state index contributed by atoms with van der Waals surface area (Å²) in [6.07, 6.45) is 0.998. The van der Waals surface area contributed by atoms with Crippen LogP contribution in [0.25, 0.3) is 21.8 Å². The summed E-state index contributed by atoms with van der Waals surface area (Å²) in [6.45, 7) is 4.60. The van der Waals surface area contributed by atoms with Gasteiger partial charge in [0.25, 0.3) is 0 Å². The molecule has 1 aromatic heterocycles. The minimum Gasteiger partial charge on any atom is -0.493 e. The van der Waals surface area contributed by atoms with Crippen LogP contribution in [-0.4, -0.2) is 24.6 Å². The largest absolute Gasteiger partial charge is 0.493 e. The van der Waals surface area contributed by atoms with Gasteiger partial charge in [0.2, 0.25) is 5.91 Å². The predicted octanol–water partition coefficient (Wildman–Crippen LogP) is 6.76. The molecule has 0 atom stereocenters. The summed E-state index contributed by atoms with van der Waals surface area (Å²) >= 11 is 1.69. The zero-order chi connectivity index (χ0) is 23.9. The van der Waals surface area contributed by atoms with Gasteiger partial charge >= 0.3 is 0 Å². The molecule has 0 aliphatic carbocycles. The smallest absolute Gasteiger partial charge is 0.224 e. The lowest BCUT2D eigenvalue weighted by molar-refractivity contribution is -0.116. The highest BCUT2D eigenvalue weighted by Crippen LogP contribution is 2.33. The van der Waals surface area contributed by atoms with Crippen LogP contribution in [0.5, 0.6) is 11.5 Å². The van der Waals surface area contributed by atoms with Gasteiger partial charge in [-0.25, -0.2) is 4.98 Å². The van der Waals surface area contributed by atoms with Crippen molar-refractivity contribution < 1.29 is 14.3 Å². The molecule has 6 heteroatoms. The second-order valence-corrected chi connectivity index (χ2v) is 9.04. The number of methoxy groups -OCH3 is 1. The van der Waals surface area contributed by atoms with Crippen molar-refractivity contribution in [1.29, 1.82) is 0 Å². The molecular weight excluding hydrogens is 444 g/mol. The van der Waals surface area contributed by atoms with Crippen LogP contribution in [0.1, 0.15) is 23.8 Å². The molecule has 0 bridgehead atoms. The van der Waals surface area contributed by atoms with Gasteiger partial charge in [0.15, 0.2) is 11.5 Å². The third-order valence-corrected chi connectivity index (χ3v) is 6.45. The molecule has 1 heterocycles. The number of aryl methyl sites for hydroxylation is 2. The number of carbonyl (C=O) groups excluding carboxylic acids is 1. The van der Waals surface area contributed by atoms with Gasteiger partial charge in [-0.3, -0.25) is 4.79 Å². The summed E-state index contributed by atoms with van der Waals surface area (Å²) in [4.78, 5) is 18.5. The molecule has 0 aliphatic rings. The molecule has 0 aliphatic heterocycles. The Kier molecular flexibility index (Phi) is 7.60. The molecule has 34 heavy (non-hydrogen) atoms. The Labute approximate surface area is 204 Å². The third kappa shape index (κ3) is 5.64. The van der Waals surface area contributed by atoms with Crippen molar-refractivity contribution in [2.45, 2.75) is 26.7 Å². The number of nitrogens with zero attached hydrogens (tertiary/aromatic N) is 1. The van der Waals surface area contributed by atoms with Crippen LogP contribution in [0.4, 0.5) is 5.69 Å². The molecule has 5 nitrogen and oxygen atoms in total. The lowest BCUT2D eigenvalue weighted by Crippen LogP contribution is -2.12. The average molecular weight is 473 g/mol. The van der Waals surface area contributed by atoms with Crippen LogP contribution in [0.3, 0.4) is 0 Å². The van der Waals surface area contributed by atoms with Crippen LogP contribution >= 0.6 is 11.3 Å². The van der Waals surface area contributed by atoms with E-state index in [-0.39, 0.29) is 5.91 Å². The second kappa shape index (κ2) is 11.0. The normalized spacial score (nSPS) is 10.7. The fourth-order valence-corrected chi connectivity index (χ4v) is 4.64. The Hall–Kier alpha value is -3.64. The lowest BCUT2D eigenvalue weighted by atomic mass is 10.1. The van der Waals surface area contributed by atoms with E-state index in [2.05, 4.69) is 24.4 Å². The molecule has 1 N–H and O–H groups in total. The average Bonchev–Trinajstić information content (AvgIpc) is 3.26. The highest BCUT2D eigenvalue weighted by Gasteiger charge is 2.12. The first kappa shape index (κ1) is 23.5. The number of hydrogen-bond donors (Lipinski definition) is 1. The summed E-state index contributed by atoms with van der Waals surface area (Å²) in [5.41, 5.74) is 4.94. The van der Waals surface area contributed by atoms with Crippen molar-refractivity contribution in [2.24, 2.45) is 0 Å². The van der Waals surface area contributed by atoms with E-state index in [9.17, 15) is 4.79 Å². The number of hydrogen-bond acceptors (Lipinski definition) is 5. The van der Waals surface area contributed by atoms with Gasteiger partial charge in [0.05, 0.1) is 19.4 Å². The zero-order valence-corrected chi connectivity index (χ0v) is 20.4. The first-order valence-electron chi connectivity index (χ1n) is 11.3. The maximum atomic E-state index is 12.5. The number of thiazole rings is 1. The summed E-state index contributed by atoms with van der Waals surface area (Å²) in [5, 5.41) is 3.99. The maximum absolute atomic E-state index is 12.5. The molecule has 0 spiro atoms. The Morgan fingerprint density at radius 1 is 0.971 bits per heavy atom. The second-order valence-electron chi connectivity index (χ2n) is 7.83. The number of carbonyl (C=O) groups is 1. The Morgan fingerprint density at radius 2 is 1.74 bits per heavy atom. The van der Waals surface area contributed by atoms with Gasteiger partial charge in [-0.2, -0.15) is 0 Å². The molecule has 3 aromatic carbocycles. The fourth-order valence-electron chi connectivity index (χ4n) is 3.70. The number of anilines is 1. The van der Waals surface area contributed by atoms with E-state index >= 15 is 0 Å². The Balaban J connectivity index is 1.37. The van der Waals surface area contributed by atoms with Crippen LogP contribution in [-0.2, 0) is 11.2 Å². The zero-order valence-electron chi connectivity index (χ0n) is 19.6. The van der Waals surface area contributed by atoms with Gasteiger partial charge < -0.3 is 14.8 Å². The SMILES string of the molecule is CCOc1ccc(CCC(=O)Nc2ccc(-c3nc(-c4ccccc4)sc3C)cc2)cc1OC. The van der Waals surface area contributed by atoms with Gasteiger partial charge in [-0.1, -0.05) is 48.5 Å². The highest BCUT2D eigenvalue weighted by atomic mass is 32.1. The minimum absolute atomic E-state index is 0.0307. The van der Waals surface area contributed by atoms with Crippen molar-refractivity contribution in [2.75, 3.05) is 19.0 Å². The van der Waals surface area contributed by atoms with Gasteiger partial charge in [0.1, 0.15) is 5.01 Å². The number of aromatic nitrogens is 1. The number of nitrogens with one attached hydrogen (secondary N) is 1. The van der Waals surface area contributed by atoms with E-state index in [4.69, 9.17) is 14.5 Å². The van der Waals surface area contributed by atoms with Gasteiger partial charge in [-0.05, 0) is 50.1 Å². The fraction of sp³-hybridized carbons (Fsp3) is 0.214. The Morgan fingerprint density at radius 3 is 2.44 bits per heavy atom. The van der Waals surface area contributed by atoms with E-state index in [1.165, 1.54) is 4.88 Å². The van der Waals surface area contributed by atoms with E-state index in [0.29, 0.717) is 30.9 Å². The van der Waals surface area contributed by atoms with Crippen LogP contribution in [0.2, 0.25) is 0 Å². The monoisotopic (exact) mass is 472 g/mol. The van der Waals surface area contributed by atoms with Crippen molar-refractivity contribution in [3.05, 3.63) is 83.2 Å². The molecule has 0 saturated heterocycles. The first-order chi connectivity index (χ1) is 16.6. The summed E-state index contributed by atoms with van der Waals surface area (Å²) in [7, 11) is 1.62. The summed E-state index contributed by atoms with van der Waals surface area (Å²) in [6, 6.07) is 23.8. The van der Waals surface area contributed by atoms with Gasteiger partial charge in [0, 0.05) is 28.1 Å². The van der Waals surface area contributed by atoms with E-state index in [1.807, 2.05) is 67.6 Å². The maximum Gasteiger partial charge on any atom is 0.224 e. The molecule has 0 unspecified atom stereocenters. The van der Waals surface area contributed by atoms with Crippen molar-refractivity contribution >= 4 is 22.9 Å².